The summed E-state index contributed by atoms with van der Waals surface area (Å²) < 4.78 is 12.9. The summed E-state index contributed by atoms with van der Waals surface area (Å²) in [5.74, 6) is -1.32. The first-order valence-electron chi connectivity index (χ1n) is 6.07. The summed E-state index contributed by atoms with van der Waals surface area (Å²) in [6.07, 6.45) is 0.477. The second-order valence-electron chi connectivity index (χ2n) is 4.49. The summed E-state index contributed by atoms with van der Waals surface area (Å²) in [5, 5.41) is 11.5. The molecule has 2 N–H and O–H groups in total. The quantitative estimate of drug-likeness (QED) is 0.853. The molecule has 6 heteroatoms. The highest BCUT2D eigenvalue weighted by Crippen LogP contribution is 2.21. The van der Waals surface area contributed by atoms with Gasteiger partial charge in [0.05, 0.1) is 6.54 Å². The molecule has 0 aromatic heterocycles. The van der Waals surface area contributed by atoms with E-state index >= 15 is 0 Å². The molecule has 1 aliphatic heterocycles. The van der Waals surface area contributed by atoms with Crippen LogP contribution in [0.1, 0.15) is 12.8 Å². The number of carboxylic acids is 1. The van der Waals surface area contributed by atoms with E-state index in [0.717, 1.165) is 5.69 Å². The van der Waals surface area contributed by atoms with Gasteiger partial charge in [0, 0.05) is 24.7 Å². The summed E-state index contributed by atoms with van der Waals surface area (Å²) in [5.41, 5.74) is 0.728. The molecule has 0 saturated carbocycles. The molecule has 1 unspecified atom stereocenters. The Bertz CT molecular complexity index is 475. The fourth-order valence-electron chi connectivity index (χ4n) is 2.16. The van der Waals surface area contributed by atoms with Crippen molar-refractivity contribution in [3.63, 3.8) is 0 Å². The van der Waals surface area contributed by atoms with Crippen molar-refractivity contribution in [2.75, 3.05) is 18.0 Å². The number of amides is 1. The van der Waals surface area contributed by atoms with Gasteiger partial charge >= 0.3 is 5.97 Å². The van der Waals surface area contributed by atoms with Gasteiger partial charge in [0.2, 0.25) is 5.91 Å². The van der Waals surface area contributed by atoms with E-state index in [1.54, 1.807) is 12.1 Å². The van der Waals surface area contributed by atoms with Crippen molar-refractivity contribution in [2.45, 2.75) is 18.9 Å². The average molecular weight is 266 g/mol. The van der Waals surface area contributed by atoms with Crippen LogP contribution in [0.15, 0.2) is 24.3 Å². The molecule has 1 fully saturated rings. The molecule has 5 nitrogen and oxygen atoms in total. The molecule has 0 aliphatic carbocycles. The molecule has 2 rings (SSSR count). The van der Waals surface area contributed by atoms with Gasteiger partial charge in [-0.15, -0.1) is 0 Å². The van der Waals surface area contributed by atoms with Gasteiger partial charge in [0.15, 0.2) is 0 Å². The van der Waals surface area contributed by atoms with E-state index in [4.69, 9.17) is 5.11 Å². The van der Waals surface area contributed by atoms with Crippen molar-refractivity contribution >= 4 is 17.6 Å². The van der Waals surface area contributed by atoms with Crippen LogP contribution in [0.4, 0.5) is 10.1 Å². The molecule has 1 atom stereocenters. The Labute approximate surface area is 110 Å². The topological polar surface area (TPSA) is 69.6 Å². The first kappa shape index (κ1) is 13.3. The van der Waals surface area contributed by atoms with Crippen LogP contribution in [0.2, 0.25) is 0 Å². The van der Waals surface area contributed by atoms with Crippen LogP contribution in [0.3, 0.4) is 0 Å². The molecule has 0 radical (unpaired) electrons. The number of rotatable bonds is 4. The summed E-state index contributed by atoms with van der Waals surface area (Å²) in [7, 11) is 0. The molecule has 1 heterocycles. The zero-order valence-electron chi connectivity index (χ0n) is 10.3. The Hall–Kier alpha value is -2.11. The summed E-state index contributed by atoms with van der Waals surface area (Å²) in [6, 6.07) is 5.77. The number of benzene rings is 1. The number of aliphatic carboxylic acids is 1. The summed E-state index contributed by atoms with van der Waals surface area (Å²) in [4.78, 5) is 23.9. The van der Waals surface area contributed by atoms with Crippen LogP contribution in [0.5, 0.6) is 0 Å². The molecule has 102 valence electrons. The molecule has 0 spiro atoms. The summed E-state index contributed by atoms with van der Waals surface area (Å²) in [6.45, 7) is 0.569. The number of nitrogens with one attached hydrogen (secondary N) is 1. The molecule has 19 heavy (non-hydrogen) atoms. The number of hydrogen-bond acceptors (Lipinski definition) is 3. The minimum absolute atomic E-state index is 0.0399. The third-order valence-electron chi connectivity index (χ3n) is 3.14. The first-order chi connectivity index (χ1) is 9.06. The number of carboxylic acid groups (broad SMARTS) is 1. The van der Waals surface area contributed by atoms with Gasteiger partial charge in [0.25, 0.3) is 0 Å². The number of carbonyl (C=O) groups excluding carboxylic acids is 1. The predicted molar refractivity (Wildman–Crippen MR) is 67.4 cm³/mol. The SMILES string of the molecule is O=C(O)CCC1CNC(=O)CN1c1ccc(F)cc1. The van der Waals surface area contributed by atoms with Crippen molar-refractivity contribution in [3.05, 3.63) is 30.1 Å². The molecule has 1 saturated heterocycles. The number of anilines is 1. The van der Waals surface area contributed by atoms with Crippen molar-refractivity contribution in [1.82, 2.24) is 5.32 Å². The molecular formula is C13H15FN2O3. The maximum Gasteiger partial charge on any atom is 0.303 e. The van der Waals surface area contributed by atoms with E-state index in [-0.39, 0.29) is 30.7 Å². The molecule has 1 aromatic carbocycles. The van der Waals surface area contributed by atoms with Crippen molar-refractivity contribution in [2.24, 2.45) is 0 Å². The van der Waals surface area contributed by atoms with Gasteiger partial charge in [-0.25, -0.2) is 4.39 Å². The van der Waals surface area contributed by atoms with E-state index in [1.165, 1.54) is 12.1 Å². The lowest BCUT2D eigenvalue weighted by Gasteiger charge is -2.37. The number of carbonyl (C=O) groups is 2. The van der Waals surface area contributed by atoms with Gasteiger partial charge in [-0.3, -0.25) is 9.59 Å². The van der Waals surface area contributed by atoms with E-state index in [1.807, 2.05) is 4.90 Å². The van der Waals surface area contributed by atoms with Crippen LogP contribution in [-0.2, 0) is 9.59 Å². The maximum atomic E-state index is 12.9. The Morgan fingerprint density at radius 3 is 2.74 bits per heavy atom. The molecule has 1 aliphatic rings. The molecule has 1 aromatic rings. The van der Waals surface area contributed by atoms with Gasteiger partial charge < -0.3 is 15.3 Å². The zero-order chi connectivity index (χ0) is 13.8. The minimum Gasteiger partial charge on any atom is -0.481 e. The van der Waals surface area contributed by atoms with Gasteiger partial charge in [-0.1, -0.05) is 0 Å². The Morgan fingerprint density at radius 1 is 1.42 bits per heavy atom. The van der Waals surface area contributed by atoms with E-state index in [0.29, 0.717) is 13.0 Å². The van der Waals surface area contributed by atoms with Crippen molar-refractivity contribution in [3.8, 4) is 0 Å². The normalized spacial score (nSPS) is 19.1. The van der Waals surface area contributed by atoms with Crippen LogP contribution in [0, 0.1) is 5.82 Å². The number of piperazine rings is 1. The fourth-order valence-corrected chi connectivity index (χ4v) is 2.16. The highest BCUT2D eigenvalue weighted by atomic mass is 19.1. The number of halogens is 1. The zero-order valence-corrected chi connectivity index (χ0v) is 10.3. The monoisotopic (exact) mass is 266 g/mol. The lowest BCUT2D eigenvalue weighted by atomic mass is 10.1. The lowest BCUT2D eigenvalue weighted by molar-refractivity contribution is -0.137. The van der Waals surface area contributed by atoms with Crippen LogP contribution >= 0.6 is 0 Å². The number of hydrogen-bond donors (Lipinski definition) is 2. The smallest absolute Gasteiger partial charge is 0.303 e. The van der Waals surface area contributed by atoms with E-state index in [2.05, 4.69) is 5.32 Å². The van der Waals surface area contributed by atoms with Gasteiger partial charge in [0.1, 0.15) is 5.82 Å². The average Bonchev–Trinajstić information content (AvgIpc) is 2.38. The third-order valence-corrected chi connectivity index (χ3v) is 3.14. The number of nitrogens with zero attached hydrogens (tertiary/aromatic N) is 1. The standard InChI is InChI=1S/C13H15FN2O3/c14-9-1-3-10(4-2-9)16-8-12(17)15-7-11(16)5-6-13(18)19/h1-4,11H,5-8H2,(H,15,17)(H,18,19). The van der Waals surface area contributed by atoms with Crippen LogP contribution in [-0.4, -0.2) is 36.1 Å². The minimum atomic E-state index is -0.865. The Kier molecular flexibility index (Phi) is 3.99. The summed E-state index contributed by atoms with van der Waals surface area (Å²) >= 11 is 0. The Morgan fingerprint density at radius 2 is 2.11 bits per heavy atom. The highest BCUT2D eigenvalue weighted by Gasteiger charge is 2.27. The van der Waals surface area contributed by atoms with E-state index in [9.17, 15) is 14.0 Å². The van der Waals surface area contributed by atoms with E-state index < -0.39 is 5.97 Å². The molecule has 1 amide bonds. The maximum absolute atomic E-state index is 12.9. The predicted octanol–water partition coefficient (Wildman–Crippen LogP) is 0.995. The highest BCUT2D eigenvalue weighted by molar-refractivity contribution is 5.83. The fraction of sp³-hybridized carbons (Fsp3) is 0.385. The van der Waals surface area contributed by atoms with Crippen LogP contribution < -0.4 is 10.2 Å². The van der Waals surface area contributed by atoms with Gasteiger partial charge in [-0.2, -0.15) is 0 Å². The van der Waals surface area contributed by atoms with Gasteiger partial charge in [-0.05, 0) is 30.7 Å². The second-order valence-corrected chi connectivity index (χ2v) is 4.49. The lowest BCUT2D eigenvalue weighted by Crippen LogP contribution is -2.54. The van der Waals surface area contributed by atoms with Crippen LogP contribution in [0.25, 0.3) is 0 Å². The third kappa shape index (κ3) is 3.43. The second kappa shape index (κ2) is 5.69. The molecule has 0 bridgehead atoms. The Balaban J connectivity index is 2.13. The van der Waals surface area contributed by atoms with Crippen molar-refractivity contribution in [1.29, 1.82) is 0 Å². The molecular weight excluding hydrogens is 251 g/mol. The van der Waals surface area contributed by atoms with Crippen molar-refractivity contribution < 1.29 is 19.1 Å². The largest absolute Gasteiger partial charge is 0.481 e. The first-order valence-corrected chi connectivity index (χ1v) is 6.07.